The van der Waals surface area contributed by atoms with Crippen LogP contribution < -0.4 is 5.32 Å². The first-order chi connectivity index (χ1) is 12.7. The number of amides is 1. The third-order valence-electron chi connectivity index (χ3n) is 5.20. The lowest BCUT2D eigenvalue weighted by Gasteiger charge is -2.21. The van der Waals surface area contributed by atoms with E-state index in [1.54, 1.807) is 19.1 Å². The van der Waals surface area contributed by atoms with Gasteiger partial charge in [0.25, 0.3) is 5.91 Å². The molecular formula is C18H26N2O5S2. The Morgan fingerprint density at radius 1 is 1.15 bits per heavy atom. The average molecular weight is 415 g/mol. The van der Waals surface area contributed by atoms with Gasteiger partial charge in [-0.3, -0.25) is 4.79 Å². The minimum Gasteiger partial charge on any atom is -0.348 e. The molecule has 0 aliphatic carbocycles. The summed E-state index contributed by atoms with van der Waals surface area (Å²) >= 11 is 0. The molecule has 0 radical (unpaired) electrons. The number of sulfonamides is 1. The third kappa shape index (κ3) is 4.70. The van der Waals surface area contributed by atoms with Crippen LogP contribution in [0.5, 0.6) is 0 Å². The minimum atomic E-state index is -3.66. The van der Waals surface area contributed by atoms with Gasteiger partial charge in [0, 0.05) is 24.7 Å². The van der Waals surface area contributed by atoms with Crippen molar-refractivity contribution in [3.8, 4) is 0 Å². The fourth-order valence-corrected chi connectivity index (χ4v) is 7.06. The van der Waals surface area contributed by atoms with Crippen LogP contribution in [0, 0.1) is 6.92 Å². The van der Waals surface area contributed by atoms with Gasteiger partial charge < -0.3 is 5.32 Å². The van der Waals surface area contributed by atoms with Gasteiger partial charge in [0.05, 0.1) is 16.4 Å². The van der Waals surface area contributed by atoms with E-state index in [1.165, 1.54) is 10.4 Å². The zero-order chi connectivity index (χ0) is 19.7. The van der Waals surface area contributed by atoms with Gasteiger partial charge in [-0.2, -0.15) is 4.31 Å². The van der Waals surface area contributed by atoms with Crippen molar-refractivity contribution < 1.29 is 21.6 Å². The van der Waals surface area contributed by atoms with Gasteiger partial charge in [-0.15, -0.1) is 0 Å². The first-order valence-electron chi connectivity index (χ1n) is 9.31. The van der Waals surface area contributed by atoms with Gasteiger partial charge in [-0.05, 0) is 43.9 Å². The van der Waals surface area contributed by atoms with E-state index in [2.05, 4.69) is 5.32 Å². The van der Waals surface area contributed by atoms with Crippen molar-refractivity contribution >= 4 is 25.8 Å². The van der Waals surface area contributed by atoms with Crippen molar-refractivity contribution in [1.29, 1.82) is 0 Å². The molecule has 2 aliphatic heterocycles. The summed E-state index contributed by atoms with van der Waals surface area (Å²) < 4.78 is 50.8. The highest BCUT2D eigenvalue weighted by atomic mass is 32.2. The molecule has 0 bridgehead atoms. The van der Waals surface area contributed by atoms with E-state index < -0.39 is 31.8 Å². The normalized spacial score (nSPS) is 23.7. The summed E-state index contributed by atoms with van der Waals surface area (Å²) in [6, 6.07) is 4.20. The second-order valence-electron chi connectivity index (χ2n) is 7.37. The van der Waals surface area contributed by atoms with Gasteiger partial charge in [0.2, 0.25) is 10.0 Å². The molecule has 1 aromatic carbocycles. The zero-order valence-electron chi connectivity index (χ0n) is 15.5. The number of carbonyl (C=O) groups excluding carboxylic acids is 1. The van der Waals surface area contributed by atoms with Crippen LogP contribution in [0.3, 0.4) is 0 Å². The maximum Gasteiger partial charge on any atom is 0.251 e. The Bertz CT molecular complexity index is 917. The number of sulfone groups is 1. The molecule has 150 valence electrons. The molecule has 1 aromatic rings. The van der Waals surface area contributed by atoms with Crippen molar-refractivity contribution in [3.63, 3.8) is 0 Å². The maximum absolute atomic E-state index is 13.1. The van der Waals surface area contributed by atoms with E-state index in [0.717, 1.165) is 25.7 Å². The van der Waals surface area contributed by atoms with Crippen LogP contribution in [0.4, 0.5) is 0 Å². The molecule has 0 saturated carbocycles. The third-order valence-corrected chi connectivity index (χ3v) is 9.01. The number of aryl methyl sites for hydroxylation is 1. The SMILES string of the molecule is Cc1ccc(C(=O)N[C@H]2CCS(=O)(=O)C2)cc1S(=O)(=O)N1CCCCCC1. The summed E-state index contributed by atoms with van der Waals surface area (Å²) in [4.78, 5) is 12.7. The number of nitrogens with zero attached hydrogens (tertiary/aromatic N) is 1. The molecule has 2 heterocycles. The van der Waals surface area contributed by atoms with Crippen molar-refractivity contribution in [2.75, 3.05) is 24.6 Å². The van der Waals surface area contributed by atoms with Crippen molar-refractivity contribution in [1.82, 2.24) is 9.62 Å². The summed E-state index contributed by atoms with van der Waals surface area (Å²) in [6.45, 7) is 2.71. The lowest BCUT2D eigenvalue weighted by Crippen LogP contribution is -2.36. The van der Waals surface area contributed by atoms with Crippen molar-refractivity contribution in [2.45, 2.75) is 50.0 Å². The fourth-order valence-electron chi connectivity index (χ4n) is 3.62. The van der Waals surface area contributed by atoms with Crippen LogP contribution in [0.2, 0.25) is 0 Å². The molecule has 9 heteroatoms. The predicted octanol–water partition coefficient (Wildman–Crippen LogP) is 1.48. The Morgan fingerprint density at radius 2 is 1.81 bits per heavy atom. The number of hydrogen-bond donors (Lipinski definition) is 1. The molecule has 2 aliphatic rings. The van der Waals surface area contributed by atoms with Gasteiger partial charge in [-0.1, -0.05) is 18.9 Å². The summed E-state index contributed by atoms with van der Waals surface area (Å²) in [6.07, 6.45) is 4.12. The molecule has 2 fully saturated rings. The smallest absolute Gasteiger partial charge is 0.251 e. The molecule has 7 nitrogen and oxygen atoms in total. The highest BCUT2D eigenvalue weighted by Crippen LogP contribution is 2.24. The number of carbonyl (C=O) groups is 1. The monoisotopic (exact) mass is 414 g/mol. The van der Waals surface area contributed by atoms with E-state index >= 15 is 0 Å². The van der Waals surface area contributed by atoms with Crippen LogP contribution in [0.15, 0.2) is 23.1 Å². The molecule has 0 spiro atoms. The summed E-state index contributed by atoms with van der Waals surface area (Å²) in [5.74, 6) is -0.436. The van der Waals surface area contributed by atoms with Gasteiger partial charge in [-0.25, -0.2) is 16.8 Å². The molecule has 0 unspecified atom stereocenters. The largest absolute Gasteiger partial charge is 0.348 e. The van der Waals surface area contributed by atoms with Crippen LogP contribution in [0.25, 0.3) is 0 Å². The topological polar surface area (TPSA) is 101 Å². The molecule has 2 saturated heterocycles. The lowest BCUT2D eigenvalue weighted by atomic mass is 10.1. The molecular weight excluding hydrogens is 388 g/mol. The Hall–Kier alpha value is -1.45. The number of rotatable bonds is 4. The zero-order valence-corrected chi connectivity index (χ0v) is 17.1. The number of benzene rings is 1. The molecule has 0 aromatic heterocycles. The van der Waals surface area contributed by atoms with E-state index in [4.69, 9.17) is 0 Å². The van der Waals surface area contributed by atoms with E-state index in [1.807, 2.05) is 0 Å². The maximum atomic E-state index is 13.1. The molecule has 27 heavy (non-hydrogen) atoms. The number of nitrogens with one attached hydrogen (secondary N) is 1. The van der Waals surface area contributed by atoms with Gasteiger partial charge >= 0.3 is 0 Å². The second-order valence-corrected chi connectivity index (χ2v) is 11.5. The van der Waals surface area contributed by atoms with Crippen LogP contribution in [-0.4, -0.2) is 57.7 Å². The molecule has 1 N–H and O–H groups in total. The Kier molecular flexibility index (Phi) is 5.93. The quantitative estimate of drug-likeness (QED) is 0.804. The second kappa shape index (κ2) is 7.89. The van der Waals surface area contributed by atoms with E-state index in [-0.39, 0.29) is 22.0 Å². The molecule has 1 amide bonds. The van der Waals surface area contributed by atoms with E-state index in [0.29, 0.717) is 25.1 Å². The first kappa shape index (κ1) is 20.3. The Balaban J connectivity index is 1.82. The first-order valence-corrected chi connectivity index (χ1v) is 12.6. The van der Waals surface area contributed by atoms with Gasteiger partial charge in [0.15, 0.2) is 9.84 Å². The van der Waals surface area contributed by atoms with Gasteiger partial charge in [0.1, 0.15) is 0 Å². The van der Waals surface area contributed by atoms with Crippen LogP contribution in [0.1, 0.15) is 48.0 Å². The summed E-state index contributed by atoms with van der Waals surface area (Å²) in [7, 11) is -6.76. The summed E-state index contributed by atoms with van der Waals surface area (Å²) in [5, 5.41) is 2.71. The molecule has 3 rings (SSSR count). The van der Waals surface area contributed by atoms with Crippen LogP contribution in [-0.2, 0) is 19.9 Å². The highest BCUT2D eigenvalue weighted by molar-refractivity contribution is 7.91. The van der Waals surface area contributed by atoms with Crippen molar-refractivity contribution in [2.24, 2.45) is 0 Å². The summed E-state index contributed by atoms with van der Waals surface area (Å²) in [5.41, 5.74) is 0.831. The Morgan fingerprint density at radius 3 is 2.41 bits per heavy atom. The minimum absolute atomic E-state index is 0.0659. The molecule has 1 atom stereocenters. The Labute approximate surface area is 161 Å². The van der Waals surface area contributed by atoms with Crippen molar-refractivity contribution in [3.05, 3.63) is 29.3 Å². The van der Waals surface area contributed by atoms with E-state index in [9.17, 15) is 21.6 Å². The lowest BCUT2D eigenvalue weighted by molar-refractivity contribution is 0.0941. The average Bonchev–Trinajstić information content (AvgIpc) is 2.80. The fraction of sp³-hybridized carbons (Fsp3) is 0.611. The number of hydrogen-bond acceptors (Lipinski definition) is 5. The van der Waals surface area contributed by atoms with Crippen LogP contribution >= 0.6 is 0 Å². The predicted molar refractivity (Wildman–Crippen MR) is 103 cm³/mol. The highest BCUT2D eigenvalue weighted by Gasteiger charge is 2.30. The standard InChI is InChI=1S/C18H26N2O5S2/c1-14-6-7-15(18(21)19-16-8-11-26(22,23)13-16)12-17(14)27(24,25)20-9-4-2-3-5-10-20/h6-7,12,16H,2-5,8-11,13H2,1H3,(H,19,21)/t16-/m0/s1.